The lowest BCUT2D eigenvalue weighted by atomic mass is 10.2. The molecule has 158 valence electrons. The maximum atomic E-state index is 13.1. The summed E-state index contributed by atoms with van der Waals surface area (Å²) in [5, 5.41) is 12.2. The number of carbonyl (C=O) groups excluding carboxylic acids is 2. The zero-order valence-electron chi connectivity index (χ0n) is 16.8. The van der Waals surface area contributed by atoms with Crippen molar-refractivity contribution in [3.63, 3.8) is 0 Å². The summed E-state index contributed by atoms with van der Waals surface area (Å²) < 4.78 is 25.6. The molecule has 9 heteroatoms. The Balaban J connectivity index is 1.71. The maximum absolute atomic E-state index is 13.1. The number of amides is 1. The van der Waals surface area contributed by atoms with E-state index in [4.69, 9.17) is 15.2 Å². The number of hydrogen-bond acceptors (Lipinski definition) is 6. The van der Waals surface area contributed by atoms with Crippen LogP contribution in [0.25, 0.3) is 0 Å². The summed E-state index contributed by atoms with van der Waals surface area (Å²) in [5.74, 6) is -1.68. The summed E-state index contributed by atoms with van der Waals surface area (Å²) in [6, 6.07) is 5.39. The fourth-order valence-electron chi connectivity index (χ4n) is 3.45. The number of nitrogens with zero attached hydrogens (tertiary/aromatic N) is 2. The van der Waals surface area contributed by atoms with E-state index in [2.05, 4.69) is 11.4 Å². The second kappa shape index (κ2) is 8.97. The third-order valence-electron chi connectivity index (χ3n) is 5.18. The Morgan fingerprint density at radius 2 is 2.20 bits per heavy atom. The first-order valence-corrected chi connectivity index (χ1v) is 9.55. The van der Waals surface area contributed by atoms with E-state index >= 15 is 0 Å². The van der Waals surface area contributed by atoms with Gasteiger partial charge in [0.1, 0.15) is 17.7 Å². The highest BCUT2D eigenvalue weighted by Gasteiger charge is 2.24. The van der Waals surface area contributed by atoms with Crippen molar-refractivity contribution in [3.8, 4) is 6.07 Å². The molecule has 1 aromatic heterocycles. The Bertz CT molecular complexity index is 1020. The molecule has 1 aliphatic heterocycles. The molecule has 2 heterocycles. The van der Waals surface area contributed by atoms with Gasteiger partial charge in [-0.25, -0.2) is 9.18 Å². The highest BCUT2D eigenvalue weighted by Crippen LogP contribution is 2.28. The van der Waals surface area contributed by atoms with Crippen molar-refractivity contribution in [3.05, 3.63) is 46.4 Å². The minimum atomic E-state index is -0.842. The zero-order chi connectivity index (χ0) is 21.8. The topological polar surface area (TPSA) is 119 Å². The molecule has 0 aliphatic carbocycles. The molecule has 1 aliphatic rings. The first-order valence-electron chi connectivity index (χ1n) is 9.55. The first kappa shape index (κ1) is 21.3. The predicted octanol–water partition coefficient (Wildman–Crippen LogP) is 2.67. The van der Waals surface area contributed by atoms with Crippen LogP contribution in [-0.2, 0) is 20.8 Å². The number of carbonyl (C=O) groups is 2. The standard InChI is InChI=1S/C21H23FN4O4/c1-12-13(2)26(10-15-4-3-7-29-15)20(17(12)9-23)25-19(27)11-30-21(28)16-6-5-14(22)8-18(16)24/h5-6,8,15H,3-4,7,10-11,24H2,1-2H3,(H,25,27)/t15-/m0/s1. The third kappa shape index (κ3) is 4.44. The van der Waals surface area contributed by atoms with Crippen molar-refractivity contribution in [1.82, 2.24) is 4.57 Å². The van der Waals surface area contributed by atoms with E-state index in [0.29, 0.717) is 24.5 Å². The second-order valence-corrected chi connectivity index (χ2v) is 7.15. The molecule has 0 unspecified atom stereocenters. The number of esters is 1. The first-order chi connectivity index (χ1) is 14.3. The van der Waals surface area contributed by atoms with Crippen molar-refractivity contribution in [2.45, 2.75) is 39.3 Å². The summed E-state index contributed by atoms with van der Waals surface area (Å²) >= 11 is 0. The molecule has 1 atom stereocenters. The van der Waals surface area contributed by atoms with Crippen LogP contribution in [0.1, 0.15) is 40.0 Å². The van der Waals surface area contributed by atoms with Gasteiger partial charge in [-0.05, 0) is 50.5 Å². The average Bonchev–Trinajstić information content (AvgIpc) is 3.29. The van der Waals surface area contributed by atoms with Crippen molar-refractivity contribution in [2.75, 3.05) is 24.3 Å². The van der Waals surface area contributed by atoms with Gasteiger partial charge >= 0.3 is 5.97 Å². The summed E-state index contributed by atoms with van der Waals surface area (Å²) in [6.07, 6.45) is 1.89. The number of benzene rings is 1. The summed E-state index contributed by atoms with van der Waals surface area (Å²) in [5.41, 5.74) is 7.48. The molecular weight excluding hydrogens is 391 g/mol. The Kier molecular flexibility index (Phi) is 6.37. The van der Waals surface area contributed by atoms with Crippen LogP contribution < -0.4 is 11.1 Å². The maximum Gasteiger partial charge on any atom is 0.340 e. The average molecular weight is 414 g/mol. The van der Waals surface area contributed by atoms with Gasteiger partial charge in [0.2, 0.25) is 0 Å². The number of nitrogens with one attached hydrogen (secondary N) is 1. The molecule has 30 heavy (non-hydrogen) atoms. The van der Waals surface area contributed by atoms with Crippen molar-refractivity contribution in [1.29, 1.82) is 5.26 Å². The lowest BCUT2D eigenvalue weighted by molar-refractivity contribution is -0.119. The Morgan fingerprint density at radius 1 is 1.43 bits per heavy atom. The van der Waals surface area contributed by atoms with Crippen LogP contribution in [0.4, 0.5) is 15.9 Å². The molecule has 1 saturated heterocycles. The number of rotatable bonds is 6. The quantitative estimate of drug-likeness (QED) is 0.554. The van der Waals surface area contributed by atoms with E-state index in [1.807, 2.05) is 18.4 Å². The Labute approximate surface area is 173 Å². The second-order valence-electron chi connectivity index (χ2n) is 7.15. The molecule has 0 saturated carbocycles. The SMILES string of the molecule is Cc1c(C#N)c(NC(=O)COC(=O)c2ccc(F)cc2N)n(C[C@@H]2CCCO2)c1C. The molecule has 0 spiro atoms. The van der Waals surface area contributed by atoms with Gasteiger partial charge < -0.3 is 25.1 Å². The van der Waals surface area contributed by atoms with Gasteiger partial charge in [-0.1, -0.05) is 0 Å². The number of nitrogens with two attached hydrogens (primary N) is 1. The monoisotopic (exact) mass is 414 g/mol. The molecule has 2 aromatic rings. The number of anilines is 2. The van der Waals surface area contributed by atoms with Crippen molar-refractivity contribution < 1.29 is 23.5 Å². The van der Waals surface area contributed by atoms with Gasteiger partial charge in [-0.3, -0.25) is 4.79 Å². The molecular formula is C21H23FN4O4. The third-order valence-corrected chi connectivity index (χ3v) is 5.18. The van der Waals surface area contributed by atoms with Crippen molar-refractivity contribution in [2.24, 2.45) is 0 Å². The van der Waals surface area contributed by atoms with Gasteiger partial charge in [0.05, 0.1) is 23.8 Å². The van der Waals surface area contributed by atoms with Crippen LogP contribution in [0.5, 0.6) is 0 Å². The largest absolute Gasteiger partial charge is 0.452 e. The van der Waals surface area contributed by atoms with Gasteiger partial charge in [0, 0.05) is 18.0 Å². The number of hydrogen-bond donors (Lipinski definition) is 2. The molecule has 3 rings (SSSR count). The van der Waals surface area contributed by atoms with Crippen LogP contribution in [0.15, 0.2) is 18.2 Å². The smallest absolute Gasteiger partial charge is 0.340 e. The number of nitriles is 1. The Morgan fingerprint density at radius 3 is 2.83 bits per heavy atom. The lowest BCUT2D eigenvalue weighted by Crippen LogP contribution is -2.25. The molecule has 1 fully saturated rings. The Hall–Kier alpha value is -3.38. The fraction of sp³-hybridized carbons (Fsp3) is 0.381. The highest BCUT2D eigenvalue weighted by atomic mass is 19.1. The fourth-order valence-corrected chi connectivity index (χ4v) is 3.45. The predicted molar refractivity (Wildman–Crippen MR) is 107 cm³/mol. The van der Waals surface area contributed by atoms with Crippen LogP contribution in [0, 0.1) is 31.0 Å². The van der Waals surface area contributed by atoms with E-state index in [0.717, 1.165) is 36.2 Å². The van der Waals surface area contributed by atoms with Gasteiger partial charge in [0.15, 0.2) is 6.61 Å². The molecule has 3 N–H and O–H groups in total. The molecule has 0 radical (unpaired) electrons. The van der Waals surface area contributed by atoms with E-state index in [1.165, 1.54) is 6.07 Å². The summed E-state index contributed by atoms with van der Waals surface area (Å²) in [4.78, 5) is 24.6. The van der Waals surface area contributed by atoms with Crippen molar-refractivity contribution >= 4 is 23.4 Å². The minimum Gasteiger partial charge on any atom is -0.452 e. The number of aromatic nitrogens is 1. The lowest BCUT2D eigenvalue weighted by Gasteiger charge is -2.17. The van der Waals surface area contributed by atoms with Crippen LogP contribution in [-0.4, -0.2) is 35.8 Å². The van der Waals surface area contributed by atoms with Crippen LogP contribution >= 0.6 is 0 Å². The molecule has 0 bridgehead atoms. The molecule has 1 amide bonds. The van der Waals surface area contributed by atoms with Crippen LogP contribution in [0.2, 0.25) is 0 Å². The summed E-state index contributed by atoms with van der Waals surface area (Å²) in [6.45, 7) is 4.31. The molecule has 1 aromatic carbocycles. The van der Waals surface area contributed by atoms with Gasteiger partial charge in [-0.15, -0.1) is 0 Å². The highest BCUT2D eigenvalue weighted by molar-refractivity contribution is 5.98. The number of halogens is 1. The van der Waals surface area contributed by atoms with Gasteiger partial charge in [0.25, 0.3) is 5.91 Å². The van der Waals surface area contributed by atoms with E-state index in [-0.39, 0.29) is 17.4 Å². The van der Waals surface area contributed by atoms with E-state index in [9.17, 15) is 19.2 Å². The minimum absolute atomic E-state index is 0.0111. The molecule has 8 nitrogen and oxygen atoms in total. The van der Waals surface area contributed by atoms with E-state index < -0.39 is 24.3 Å². The zero-order valence-corrected chi connectivity index (χ0v) is 16.8. The van der Waals surface area contributed by atoms with Gasteiger partial charge in [-0.2, -0.15) is 5.26 Å². The van der Waals surface area contributed by atoms with Crippen LogP contribution in [0.3, 0.4) is 0 Å². The number of nitrogen functional groups attached to an aromatic ring is 1. The number of ether oxygens (including phenoxy) is 2. The van der Waals surface area contributed by atoms with E-state index in [1.54, 1.807) is 0 Å². The summed E-state index contributed by atoms with van der Waals surface area (Å²) in [7, 11) is 0. The normalized spacial score (nSPS) is 15.6.